The van der Waals surface area contributed by atoms with E-state index in [1.165, 1.54) is 38.8 Å². The minimum atomic E-state index is -0.521. The number of likely N-dealkylation sites (tertiary alicyclic amines) is 2. The average molecular weight is 570 g/mol. The Balaban J connectivity index is 1.19. The van der Waals surface area contributed by atoms with Crippen molar-refractivity contribution in [3.05, 3.63) is 101 Å². The zero-order valence-electron chi connectivity index (χ0n) is 24.5. The van der Waals surface area contributed by atoms with Gasteiger partial charge in [0.2, 0.25) is 0 Å². The van der Waals surface area contributed by atoms with Gasteiger partial charge in [-0.15, -0.1) is 0 Å². The van der Waals surface area contributed by atoms with Gasteiger partial charge >= 0.3 is 0 Å². The molecule has 42 heavy (non-hydrogen) atoms. The number of carbonyl (C=O) groups is 1. The molecule has 0 bridgehead atoms. The number of aliphatic hydroxyl groups is 1. The van der Waals surface area contributed by atoms with Crippen molar-refractivity contribution < 1.29 is 19.4 Å². The molecule has 5 atom stereocenters. The average Bonchev–Trinajstić information content (AvgIpc) is 3.71. The third kappa shape index (κ3) is 6.77. The van der Waals surface area contributed by atoms with E-state index in [1.54, 1.807) is 12.1 Å². The molecule has 5 unspecified atom stereocenters. The molecule has 3 aliphatic heterocycles. The van der Waals surface area contributed by atoms with Crippen LogP contribution in [0.3, 0.4) is 0 Å². The molecule has 3 aliphatic rings. The van der Waals surface area contributed by atoms with Gasteiger partial charge in [0.15, 0.2) is 6.29 Å². The van der Waals surface area contributed by atoms with Crippen molar-refractivity contribution >= 4 is 11.6 Å². The van der Waals surface area contributed by atoms with Crippen LogP contribution in [0.25, 0.3) is 0 Å². The van der Waals surface area contributed by atoms with Gasteiger partial charge in [0, 0.05) is 41.9 Å². The molecule has 3 heterocycles. The minimum Gasteiger partial charge on any atom is -0.392 e. The van der Waals surface area contributed by atoms with Gasteiger partial charge in [-0.2, -0.15) is 0 Å². The fourth-order valence-corrected chi connectivity index (χ4v) is 6.68. The normalized spacial score (nSPS) is 26.9. The number of hydrogen-bond donors (Lipinski definition) is 2. The summed E-state index contributed by atoms with van der Waals surface area (Å²) >= 11 is 0. The second-order valence-corrected chi connectivity index (χ2v) is 12.1. The van der Waals surface area contributed by atoms with E-state index >= 15 is 0 Å². The Hall–Kier alpha value is -3.07. The number of rotatable bonds is 9. The van der Waals surface area contributed by atoms with Gasteiger partial charge in [0.05, 0.1) is 18.8 Å². The summed E-state index contributed by atoms with van der Waals surface area (Å²) in [5.74, 6) is 0.0154. The maximum Gasteiger partial charge on any atom is 0.255 e. The SMILES string of the molecule is CC1C(CN2CCCC2CN2CCCC2)OC(c2ccc(NC(=O)c3ccccc3)cc2)OC1c1ccc(CO)cc1. The lowest BCUT2D eigenvalue weighted by atomic mass is 9.90. The predicted octanol–water partition coefficient (Wildman–Crippen LogP) is 5.78. The lowest BCUT2D eigenvalue weighted by Crippen LogP contribution is -2.48. The van der Waals surface area contributed by atoms with Crippen molar-refractivity contribution in [1.82, 2.24) is 9.80 Å². The fourth-order valence-electron chi connectivity index (χ4n) is 6.68. The summed E-state index contributed by atoms with van der Waals surface area (Å²) in [6, 6.07) is 25.7. The number of carbonyl (C=O) groups excluding carboxylic acids is 1. The highest BCUT2D eigenvalue weighted by molar-refractivity contribution is 6.04. The maximum atomic E-state index is 12.6. The highest BCUT2D eigenvalue weighted by Crippen LogP contribution is 2.42. The molecule has 3 saturated heterocycles. The highest BCUT2D eigenvalue weighted by Gasteiger charge is 2.40. The molecular formula is C35H43N3O4. The molecule has 2 N–H and O–H groups in total. The molecule has 0 radical (unpaired) electrons. The topological polar surface area (TPSA) is 74.3 Å². The van der Waals surface area contributed by atoms with E-state index in [0.29, 0.717) is 11.6 Å². The molecule has 0 spiro atoms. The molecule has 7 heteroatoms. The molecule has 3 aromatic rings. The van der Waals surface area contributed by atoms with Crippen molar-refractivity contribution in [2.45, 2.75) is 63.8 Å². The van der Waals surface area contributed by atoms with Gasteiger partial charge in [-0.3, -0.25) is 9.69 Å². The van der Waals surface area contributed by atoms with E-state index in [0.717, 1.165) is 42.0 Å². The molecule has 0 aromatic heterocycles. The Morgan fingerprint density at radius 3 is 2.29 bits per heavy atom. The summed E-state index contributed by atoms with van der Waals surface area (Å²) in [5, 5.41) is 12.5. The Morgan fingerprint density at radius 2 is 1.57 bits per heavy atom. The van der Waals surface area contributed by atoms with Gasteiger partial charge in [-0.1, -0.05) is 61.5 Å². The molecule has 3 aromatic carbocycles. The standard InChI is InChI=1S/C35H43N3O4/c1-25-32(23-38-21-7-10-31(38)22-37-19-5-6-20-37)41-35(42-33(25)27-13-11-26(24-39)12-14-27)29-15-17-30(18-16-29)36-34(40)28-8-3-2-4-9-28/h2-4,8-9,11-18,25,31-33,35,39H,5-7,10,19-24H2,1H3,(H,36,40). The maximum absolute atomic E-state index is 12.6. The van der Waals surface area contributed by atoms with E-state index < -0.39 is 6.29 Å². The summed E-state index contributed by atoms with van der Waals surface area (Å²) in [6.07, 6.45) is 4.47. The summed E-state index contributed by atoms with van der Waals surface area (Å²) in [4.78, 5) is 17.9. The first kappa shape index (κ1) is 29.0. The predicted molar refractivity (Wildman–Crippen MR) is 164 cm³/mol. The zero-order valence-corrected chi connectivity index (χ0v) is 24.5. The summed E-state index contributed by atoms with van der Waals surface area (Å²) in [5.41, 5.74) is 4.27. The lowest BCUT2D eigenvalue weighted by molar-refractivity contribution is -0.276. The number of amides is 1. The summed E-state index contributed by atoms with van der Waals surface area (Å²) in [6.45, 7) is 7.87. The number of nitrogens with one attached hydrogen (secondary N) is 1. The van der Waals surface area contributed by atoms with Crippen LogP contribution in [0.15, 0.2) is 78.9 Å². The number of anilines is 1. The van der Waals surface area contributed by atoms with Gasteiger partial charge in [-0.05, 0) is 80.7 Å². The van der Waals surface area contributed by atoms with E-state index in [9.17, 15) is 9.90 Å². The van der Waals surface area contributed by atoms with Gasteiger partial charge < -0.3 is 24.8 Å². The molecule has 222 valence electrons. The van der Waals surface area contributed by atoms with E-state index in [2.05, 4.69) is 34.2 Å². The number of ether oxygens (including phenoxy) is 2. The first-order chi connectivity index (χ1) is 20.6. The third-order valence-corrected chi connectivity index (χ3v) is 9.18. The van der Waals surface area contributed by atoms with Crippen LogP contribution >= 0.6 is 0 Å². The quantitative estimate of drug-likeness (QED) is 0.340. The highest BCUT2D eigenvalue weighted by atomic mass is 16.7. The second kappa shape index (κ2) is 13.5. The van der Waals surface area contributed by atoms with Crippen molar-refractivity contribution in [3.8, 4) is 0 Å². The Morgan fingerprint density at radius 1 is 0.857 bits per heavy atom. The van der Waals surface area contributed by atoms with E-state index in [-0.39, 0.29) is 30.6 Å². The first-order valence-corrected chi connectivity index (χ1v) is 15.5. The van der Waals surface area contributed by atoms with Crippen LogP contribution in [0, 0.1) is 5.92 Å². The first-order valence-electron chi connectivity index (χ1n) is 15.5. The molecule has 6 rings (SSSR count). The van der Waals surface area contributed by atoms with Crippen LogP contribution in [0.1, 0.15) is 72.0 Å². The van der Waals surface area contributed by atoms with Crippen LogP contribution in [0.2, 0.25) is 0 Å². The van der Waals surface area contributed by atoms with Crippen molar-refractivity contribution in [3.63, 3.8) is 0 Å². The molecule has 0 aliphatic carbocycles. The number of hydrogen-bond acceptors (Lipinski definition) is 6. The molecule has 1 amide bonds. The van der Waals surface area contributed by atoms with Crippen LogP contribution in [0.5, 0.6) is 0 Å². The van der Waals surface area contributed by atoms with Gasteiger partial charge in [-0.25, -0.2) is 0 Å². The van der Waals surface area contributed by atoms with Crippen LogP contribution in [-0.2, 0) is 16.1 Å². The zero-order chi connectivity index (χ0) is 28.9. The number of benzene rings is 3. The monoisotopic (exact) mass is 569 g/mol. The minimum absolute atomic E-state index is 0.00269. The van der Waals surface area contributed by atoms with Crippen LogP contribution in [0.4, 0.5) is 5.69 Å². The molecular weight excluding hydrogens is 526 g/mol. The lowest BCUT2D eigenvalue weighted by Gasteiger charge is -2.43. The third-order valence-electron chi connectivity index (χ3n) is 9.18. The smallest absolute Gasteiger partial charge is 0.255 e. The second-order valence-electron chi connectivity index (χ2n) is 12.1. The van der Waals surface area contributed by atoms with Gasteiger partial charge in [0.1, 0.15) is 0 Å². The van der Waals surface area contributed by atoms with Crippen LogP contribution < -0.4 is 5.32 Å². The van der Waals surface area contributed by atoms with Crippen molar-refractivity contribution in [1.29, 1.82) is 0 Å². The van der Waals surface area contributed by atoms with Crippen molar-refractivity contribution in [2.24, 2.45) is 5.92 Å². The largest absolute Gasteiger partial charge is 0.392 e. The number of nitrogens with zero attached hydrogens (tertiary/aromatic N) is 2. The van der Waals surface area contributed by atoms with Crippen LogP contribution in [-0.4, -0.2) is 65.7 Å². The summed E-state index contributed by atoms with van der Waals surface area (Å²) < 4.78 is 13.4. The molecule has 7 nitrogen and oxygen atoms in total. The van der Waals surface area contributed by atoms with Crippen molar-refractivity contribution in [2.75, 3.05) is 38.0 Å². The molecule has 0 saturated carbocycles. The Labute approximate surface area is 249 Å². The Bertz CT molecular complexity index is 1290. The molecule has 3 fully saturated rings. The number of aliphatic hydroxyl groups excluding tert-OH is 1. The Kier molecular flexibility index (Phi) is 9.32. The van der Waals surface area contributed by atoms with E-state index in [1.807, 2.05) is 54.6 Å². The van der Waals surface area contributed by atoms with E-state index in [4.69, 9.17) is 9.47 Å². The summed E-state index contributed by atoms with van der Waals surface area (Å²) in [7, 11) is 0. The van der Waals surface area contributed by atoms with Gasteiger partial charge in [0.25, 0.3) is 5.91 Å². The fraction of sp³-hybridized carbons (Fsp3) is 0.457.